The van der Waals surface area contributed by atoms with Crippen molar-refractivity contribution in [2.24, 2.45) is 10.8 Å². The molecule has 1 spiro atoms. The number of hydrogen-bond acceptors (Lipinski definition) is 5. The molecule has 3 fully saturated rings. The quantitative estimate of drug-likeness (QED) is 0.304. The lowest BCUT2D eigenvalue weighted by Gasteiger charge is -2.44. The van der Waals surface area contributed by atoms with Crippen molar-refractivity contribution in [1.29, 1.82) is 4.78 Å². The first-order valence-corrected chi connectivity index (χ1v) is 13.7. The Bertz CT molecular complexity index is 1380. The summed E-state index contributed by atoms with van der Waals surface area (Å²) in [6.07, 6.45) is -1.18. The van der Waals surface area contributed by atoms with Crippen molar-refractivity contribution < 1.29 is 35.7 Å². The molecule has 0 radical (unpaired) electrons. The molecular formula is C23H26F5N5O3S. The van der Waals surface area contributed by atoms with Crippen molar-refractivity contribution >= 4 is 21.3 Å². The minimum absolute atomic E-state index is 0.0550. The molecule has 8 nitrogen and oxygen atoms in total. The first-order chi connectivity index (χ1) is 16.9. The first kappa shape index (κ1) is 25.9. The number of pyridine rings is 1. The van der Waals surface area contributed by atoms with Gasteiger partial charge in [-0.25, -0.2) is 17.8 Å². The summed E-state index contributed by atoms with van der Waals surface area (Å²) in [6, 6.07) is 2.07. The normalized spacial score (nSPS) is 23.1. The van der Waals surface area contributed by atoms with E-state index in [0.29, 0.717) is 12.8 Å². The van der Waals surface area contributed by atoms with Crippen LogP contribution >= 0.6 is 0 Å². The number of carbonyl (C=O) groups excluding carboxylic acids is 1. The number of halogens is 5. The summed E-state index contributed by atoms with van der Waals surface area (Å²) in [5, 5.41) is 17.9. The first-order valence-electron chi connectivity index (χ1n) is 11.7. The van der Waals surface area contributed by atoms with Crippen LogP contribution in [0.5, 0.6) is 0 Å². The summed E-state index contributed by atoms with van der Waals surface area (Å²) in [5.41, 5.74) is -3.36. The lowest BCUT2D eigenvalue weighted by Crippen LogP contribution is -2.47. The zero-order valence-corrected chi connectivity index (χ0v) is 20.9. The third-order valence-corrected chi connectivity index (χ3v) is 8.72. The molecule has 3 saturated carbocycles. The Labute approximate surface area is 209 Å². The van der Waals surface area contributed by atoms with Crippen LogP contribution in [-0.4, -0.2) is 32.1 Å². The van der Waals surface area contributed by atoms with Gasteiger partial charge in [-0.15, -0.1) is 0 Å². The number of aromatic nitrogens is 3. The van der Waals surface area contributed by atoms with E-state index in [1.165, 1.54) is 6.92 Å². The van der Waals surface area contributed by atoms with E-state index >= 15 is 0 Å². The zero-order chi connectivity index (χ0) is 27.2. The summed E-state index contributed by atoms with van der Waals surface area (Å²) < 4.78 is 91.4. The summed E-state index contributed by atoms with van der Waals surface area (Å²) in [7, 11) is -3.50. The summed E-state index contributed by atoms with van der Waals surface area (Å²) >= 11 is 0. The molecule has 5 rings (SSSR count). The maximum Gasteiger partial charge on any atom is 0.420 e. The highest BCUT2D eigenvalue weighted by molar-refractivity contribution is 7.91. The molecule has 202 valence electrons. The van der Waals surface area contributed by atoms with Crippen LogP contribution in [0.4, 0.5) is 27.6 Å². The minimum Gasteiger partial charge on any atom is -0.618 e. The standard InChI is InChI=1S/C23H26F5N5O3S/c1-20(10-22(24,25)11-20)12-32-18(19(34)30-14-3-6-33(35)15(7-14)37(2,29)36)16(23(26,27)28)17(31-32)13-8-21(9-13)4-5-21/h3,6-7,13,29H,4-5,8-12H2,1-2H3,(H,30,34). The Kier molecular flexibility index (Phi) is 5.50. The number of nitrogens with one attached hydrogen (secondary N) is 2. The van der Waals surface area contributed by atoms with E-state index in [9.17, 15) is 36.2 Å². The number of carbonyl (C=O) groups is 1. The number of nitrogens with zero attached hydrogens (tertiary/aromatic N) is 3. The topological polar surface area (TPSA) is 115 Å². The second-order valence-electron chi connectivity index (χ2n) is 11.3. The SMILES string of the molecule is CC1(Cn2nc(C3CC4(CC4)C3)c(C(F)(F)F)c2C(=O)Nc2cc[n+]([O-])c(S(C)(=N)=O)c2)CC(F)(F)C1. The van der Waals surface area contributed by atoms with Crippen LogP contribution < -0.4 is 10.0 Å². The Morgan fingerprint density at radius 2 is 1.95 bits per heavy atom. The van der Waals surface area contributed by atoms with Gasteiger partial charge in [-0.3, -0.25) is 9.48 Å². The van der Waals surface area contributed by atoms with Crippen molar-refractivity contribution in [3.8, 4) is 0 Å². The largest absolute Gasteiger partial charge is 0.618 e. The fraction of sp³-hybridized carbons (Fsp3) is 0.609. The van der Waals surface area contributed by atoms with E-state index in [1.807, 2.05) is 0 Å². The highest BCUT2D eigenvalue weighted by Crippen LogP contribution is 2.66. The lowest BCUT2D eigenvalue weighted by atomic mass is 9.67. The third-order valence-electron chi connectivity index (χ3n) is 7.63. The molecule has 1 atom stereocenters. The highest BCUT2D eigenvalue weighted by Gasteiger charge is 2.57. The van der Waals surface area contributed by atoms with Gasteiger partial charge in [0, 0.05) is 43.7 Å². The molecule has 3 aliphatic carbocycles. The van der Waals surface area contributed by atoms with Crippen LogP contribution in [-0.2, 0) is 22.5 Å². The van der Waals surface area contributed by atoms with Gasteiger partial charge >= 0.3 is 6.18 Å². The second kappa shape index (κ2) is 7.87. The van der Waals surface area contributed by atoms with Gasteiger partial charge < -0.3 is 10.5 Å². The molecule has 0 bridgehead atoms. The zero-order valence-electron chi connectivity index (χ0n) is 20.1. The Hall–Kier alpha value is -2.77. The number of alkyl halides is 5. The maximum absolute atomic E-state index is 14.4. The van der Waals surface area contributed by atoms with Gasteiger partial charge in [-0.1, -0.05) is 6.92 Å². The van der Waals surface area contributed by atoms with Gasteiger partial charge in [0.15, 0.2) is 6.20 Å². The van der Waals surface area contributed by atoms with E-state index in [0.717, 1.165) is 42.1 Å². The molecule has 0 aliphatic heterocycles. The van der Waals surface area contributed by atoms with Gasteiger partial charge in [0.2, 0.25) is 5.92 Å². The average Bonchev–Trinajstić information content (AvgIpc) is 3.40. The second-order valence-corrected chi connectivity index (χ2v) is 13.4. The molecule has 2 aromatic rings. The van der Waals surface area contributed by atoms with Crippen molar-refractivity contribution in [2.75, 3.05) is 11.6 Å². The van der Waals surface area contributed by atoms with E-state index in [1.54, 1.807) is 0 Å². The van der Waals surface area contributed by atoms with Crippen LogP contribution in [0.3, 0.4) is 0 Å². The fourth-order valence-corrected chi connectivity index (χ4v) is 6.60. The number of anilines is 1. The van der Waals surface area contributed by atoms with E-state index < -0.39 is 68.2 Å². The number of amides is 1. The van der Waals surface area contributed by atoms with E-state index in [-0.39, 0.29) is 28.1 Å². The van der Waals surface area contributed by atoms with Crippen molar-refractivity contribution in [3.63, 3.8) is 0 Å². The van der Waals surface area contributed by atoms with Gasteiger partial charge in [0.1, 0.15) is 21.0 Å². The Morgan fingerprint density at radius 3 is 2.46 bits per heavy atom. The molecule has 1 unspecified atom stereocenters. The lowest BCUT2D eigenvalue weighted by molar-refractivity contribution is -0.646. The van der Waals surface area contributed by atoms with Gasteiger partial charge in [0.05, 0.1) is 11.4 Å². The van der Waals surface area contributed by atoms with Gasteiger partial charge in [0.25, 0.3) is 10.9 Å². The number of rotatable bonds is 6. The molecule has 2 aromatic heterocycles. The van der Waals surface area contributed by atoms with Crippen molar-refractivity contribution in [1.82, 2.24) is 9.78 Å². The highest BCUT2D eigenvalue weighted by atomic mass is 32.2. The minimum atomic E-state index is -4.93. The van der Waals surface area contributed by atoms with Crippen molar-refractivity contribution in [3.05, 3.63) is 40.5 Å². The van der Waals surface area contributed by atoms with Gasteiger partial charge in [-0.2, -0.15) is 23.0 Å². The Morgan fingerprint density at radius 1 is 1.32 bits per heavy atom. The van der Waals surface area contributed by atoms with Crippen LogP contribution in [0.15, 0.2) is 23.4 Å². The summed E-state index contributed by atoms with van der Waals surface area (Å²) in [5.74, 6) is -4.61. The van der Waals surface area contributed by atoms with E-state index in [4.69, 9.17) is 4.78 Å². The predicted molar refractivity (Wildman–Crippen MR) is 122 cm³/mol. The molecule has 0 aromatic carbocycles. The van der Waals surface area contributed by atoms with Gasteiger partial charge in [-0.05, 0) is 36.5 Å². The smallest absolute Gasteiger partial charge is 0.420 e. The van der Waals surface area contributed by atoms with Crippen LogP contribution in [0.2, 0.25) is 0 Å². The summed E-state index contributed by atoms with van der Waals surface area (Å²) in [6.45, 7) is 1.22. The van der Waals surface area contributed by atoms with Crippen molar-refractivity contribution in [2.45, 2.75) is 75.0 Å². The van der Waals surface area contributed by atoms with Crippen LogP contribution in [0.1, 0.15) is 73.1 Å². The molecule has 2 heterocycles. The molecular weight excluding hydrogens is 521 g/mol. The number of hydrogen-bond donors (Lipinski definition) is 2. The molecule has 0 saturated heterocycles. The molecule has 37 heavy (non-hydrogen) atoms. The monoisotopic (exact) mass is 547 g/mol. The Balaban J connectivity index is 1.55. The average molecular weight is 548 g/mol. The molecule has 2 N–H and O–H groups in total. The molecule has 3 aliphatic rings. The maximum atomic E-state index is 14.4. The third kappa shape index (κ3) is 4.79. The predicted octanol–water partition coefficient (Wildman–Crippen LogP) is 4.92. The van der Waals surface area contributed by atoms with Crippen LogP contribution in [0.25, 0.3) is 0 Å². The van der Waals surface area contributed by atoms with E-state index in [2.05, 4.69) is 10.4 Å². The van der Waals surface area contributed by atoms with Crippen LogP contribution in [0, 0.1) is 20.8 Å². The fourth-order valence-electron chi connectivity index (χ4n) is 5.84. The molecule has 14 heteroatoms. The molecule has 1 amide bonds. The summed E-state index contributed by atoms with van der Waals surface area (Å²) in [4.78, 5) is 13.3.